The lowest BCUT2D eigenvalue weighted by Crippen LogP contribution is -2.34. The number of nitrogens with two attached hydrogens (primary N) is 2. The molecule has 1 atom stereocenters. The van der Waals surface area contributed by atoms with E-state index >= 15 is 0 Å². The first-order valence-electron chi connectivity index (χ1n) is 8.16. The molecule has 0 aromatic carbocycles. The summed E-state index contributed by atoms with van der Waals surface area (Å²) in [6.45, 7) is 0.482. The summed E-state index contributed by atoms with van der Waals surface area (Å²) in [5.41, 5.74) is 10.2. The Labute approximate surface area is 147 Å². The summed E-state index contributed by atoms with van der Waals surface area (Å²) in [7, 11) is 0. The summed E-state index contributed by atoms with van der Waals surface area (Å²) in [6.07, 6.45) is 5.50. The summed E-state index contributed by atoms with van der Waals surface area (Å²) in [5, 5.41) is 34.3. The van der Waals surface area contributed by atoms with Crippen LogP contribution in [-0.4, -0.2) is 51.8 Å². The smallest absolute Gasteiger partial charge is 0.320 e. The van der Waals surface area contributed by atoms with E-state index in [4.69, 9.17) is 32.2 Å². The molecule has 0 bridgehead atoms. The van der Waals surface area contributed by atoms with E-state index in [0.29, 0.717) is 32.2 Å². The molecule has 0 aliphatic carbocycles. The molecule has 25 heavy (non-hydrogen) atoms. The maximum Gasteiger partial charge on any atom is 0.320 e. The summed E-state index contributed by atoms with van der Waals surface area (Å²) >= 11 is 0. The summed E-state index contributed by atoms with van der Waals surface area (Å²) < 4.78 is 0. The normalized spacial score (nSPS) is 10.9. The predicted molar refractivity (Wildman–Crippen MR) is 92.4 cm³/mol. The average Bonchev–Trinajstić information content (AvgIpc) is 2.50. The maximum atomic E-state index is 10.2. The van der Waals surface area contributed by atoms with E-state index in [9.17, 15) is 14.4 Å². The van der Waals surface area contributed by atoms with Crippen LogP contribution in [0.1, 0.15) is 57.8 Å². The number of nitrogens with one attached hydrogen (secondary N) is 2. The lowest BCUT2D eigenvalue weighted by atomic mass is 10.1. The van der Waals surface area contributed by atoms with Crippen LogP contribution >= 0.6 is 0 Å². The summed E-state index contributed by atoms with van der Waals surface area (Å²) in [4.78, 5) is 30.4. The number of carboxylic acids is 3. The molecule has 0 saturated heterocycles. The highest BCUT2D eigenvalue weighted by Crippen LogP contribution is 2.06. The Kier molecular flexibility index (Phi) is 16.4. The van der Waals surface area contributed by atoms with Gasteiger partial charge in [-0.2, -0.15) is 0 Å². The zero-order chi connectivity index (χ0) is 19.7. The van der Waals surface area contributed by atoms with Gasteiger partial charge in [-0.3, -0.25) is 19.8 Å². The molecule has 0 spiro atoms. The van der Waals surface area contributed by atoms with Gasteiger partial charge in [-0.05, 0) is 25.7 Å². The summed E-state index contributed by atoms with van der Waals surface area (Å²) in [5.74, 6) is -2.63. The van der Waals surface area contributed by atoms with Gasteiger partial charge in [0.25, 0.3) is 0 Å². The van der Waals surface area contributed by atoms with Gasteiger partial charge in [0.05, 0.1) is 0 Å². The number of carbonyl (C=O) groups is 3. The Balaban J connectivity index is 0. The monoisotopic (exact) mass is 362 g/mol. The van der Waals surface area contributed by atoms with Gasteiger partial charge in [0, 0.05) is 19.4 Å². The molecule has 0 aromatic rings. The van der Waals surface area contributed by atoms with Crippen LogP contribution in [0.2, 0.25) is 0 Å². The number of hydrogen-bond donors (Lipinski definition) is 7. The Morgan fingerprint density at radius 1 is 0.880 bits per heavy atom. The van der Waals surface area contributed by atoms with E-state index in [1.807, 2.05) is 0 Å². The Morgan fingerprint density at radius 3 is 1.68 bits per heavy atom. The molecular weight excluding hydrogens is 332 g/mol. The number of rotatable bonds is 13. The SMILES string of the molecule is N=C(N)NCCC[C@H](N)C(=O)O.O=C(O)CCCCCCCC(=O)O. The van der Waals surface area contributed by atoms with Gasteiger partial charge in [-0.15, -0.1) is 0 Å². The fourth-order valence-electron chi connectivity index (χ4n) is 1.75. The second-order valence-corrected chi connectivity index (χ2v) is 5.48. The van der Waals surface area contributed by atoms with Gasteiger partial charge >= 0.3 is 17.9 Å². The van der Waals surface area contributed by atoms with E-state index in [-0.39, 0.29) is 18.8 Å². The second kappa shape index (κ2) is 16.5. The van der Waals surface area contributed by atoms with Crippen LogP contribution in [0, 0.1) is 5.41 Å². The highest BCUT2D eigenvalue weighted by Gasteiger charge is 2.09. The van der Waals surface area contributed by atoms with Gasteiger partial charge in [0.1, 0.15) is 6.04 Å². The number of unbranched alkanes of at least 4 members (excludes halogenated alkanes) is 4. The van der Waals surface area contributed by atoms with Crippen LogP contribution < -0.4 is 16.8 Å². The van der Waals surface area contributed by atoms with Crippen LogP contribution in [0.25, 0.3) is 0 Å². The quantitative estimate of drug-likeness (QED) is 0.139. The Bertz CT molecular complexity index is 399. The largest absolute Gasteiger partial charge is 0.481 e. The molecule has 9 N–H and O–H groups in total. The van der Waals surface area contributed by atoms with E-state index in [1.54, 1.807) is 0 Å². The van der Waals surface area contributed by atoms with Crippen LogP contribution in [0.4, 0.5) is 0 Å². The molecule has 0 unspecified atom stereocenters. The standard InChI is InChI=1S/C9H16O4.C6H14N4O2/c10-8(11)6-4-2-1-3-5-7-9(12)13;7-4(5(11)12)2-1-3-10-6(8)9/h1-7H2,(H,10,11)(H,12,13);4H,1-3,7H2,(H,11,12)(H4,8,9,10)/t;4-/m.0/s1. The van der Waals surface area contributed by atoms with Gasteiger partial charge < -0.3 is 32.1 Å². The lowest BCUT2D eigenvalue weighted by molar-refractivity contribution is -0.139. The zero-order valence-electron chi connectivity index (χ0n) is 14.4. The average molecular weight is 362 g/mol. The van der Waals surface area contributed by atoms with Crippen molar-refractivity contribution in [1.29, 1.82) is 5.41 Å². The highest BCUT2D eigenvalue weighted by molar-refractivity contribution is 5.74. The second-order valence-electron chi connectivity index (χ2n) is 5.48. The van der Waals surface area contributed by atoms with E-state index in [2.05, 4.69) is 5.32 Å². The first-order valence-corrected chi connectivity index (χ1v) is 8.16. The van der Waals surface area contributed by atoms with Crippen LogP contribution in [0.3, 0.4) is 0 Å². The van der Waals surface area contributed by atoms with Crippen molar-refractivity contribution in [3.8, 4) is 0 Å². The molecule has 0 aliphatic heterocycles. The van der Waals surface area contributed by atoms with Crippen LogP contribution in [0.15, 0.2) is 0 Å². The molecule has 0 fully saturated rings. The van der Waals surface area contributed by atoms with Crippen molar-refractivity contribution in [1.82, 2.24) is 5.32 Å². The minimum atomic E-state index is -1.00. The molecule has 0 aromatic heterocycles. The molecule has 0 amide bonds. The Hall–Kier alpha value is -2.36. The molecule has 0 aliphatic rings. The van der Waals surface area contributed by atoms with Crippen molar-refractivity contribution in [3.63, 3.8) is 0 Å². The number of guanidine groups is 1. The van der Waals surface area contributed by atoms with E-state index < -0.39 is 23.9 Å². The van der Waals surface area contributed by atoms with Crippen molar-refractivity contribution in [2.75, 3.05) is 6.54 Å². The molecule has 10 heteroatoms. The van der Waals surface area contributed by atoms with E-state index in [1.165, 1.54) is 0 Å². The van der Waals surface area contributed by atoms with Gasteiger partial charge in [-0.25, -0.2) is 0 Å². The van der Waals surface area contributed by atoms with Gasteiger partial charge in [0.15, 0.2) is 5.96 Å². The molecule has 0 radical (unpaired) electrons. The lowest BCUT2D eigenvalue weighted by Gasteiger charge is -2.06. The third-order valence-corrected chi connectivity index (χ3v) is 3.11. The van der Waals surface area contributed by atoms with Crippen molar-refractivity contribution >= 4 is 23.9 Å². The molecule has 146 valence electrons. The fourth-order valence-corrected chi connectivity index (χ4v) is 1.75. The van der Waals surface area contributed by atoms with Crippen molar-refractivity contribution in [2.45, 2.75) is 63.8 Å². The first-order chi connectivity index (χ1) is 11.7. The van der Waals surface area contributed by atoms with Crippen LogP contribution in [-0.2, 0) is 14.4 Å². The first kappa shape index (κ1) is 24.9. The van der Waals surface area contributed by atoms with Crippen molar-refractivity contribution < 1.29 is 29.7 Å². The highest BCUT2D eigenvalue weighted by atomic mass is 16.4. The molecule has 0 saturated carbocycles. The van der Waals surface area contributed by atoms with Crippen molar-refractivity contribution in [2.24, 2.45) is 11.5 Å². The van der Waals surface area contributed by atoms with Crippen molar-refractivity contribution in [3.05, 3.63) is 0 Å². The zero-order valence-corrected chi connectivity index (χ0v) is 14.4. The van der Waals surface area contributed by atoms with Crippen LogP contribution in [0.5, 0.6) is 0 Å². The molecule has 0 rings (SSSR count). The predicted octanol–water partition coefficient (Wildman–Crippen LogP) is 0.548. The number of aliphatic carboxylic acids is 3. The van der Waals surface area contributed by atoms with E-state index in [0.717, 1.165) is 19.3 Å². The van der Waals surface area contributed by atoms with Gasteiger partial charge in [-0.1, -0.05) is 19.3 Å². The maximum absolute atomic E-state index is 10.2. The number of hydrogen-bond acceptors (Lipinski definition) is 5. The van der Waals surface area contributed by atoms with Gasteiger partial charge in [0.2, 0.25) is 0 Å². The number of carboxylic acid groups (broad SMARTS) is 3. The molecule has 10 nitrogen and oxygen atoms in total. The fraction of sp³-hybridized carbons (Fsp3) is 0.733. The summed E-state index contributed by atoms with van der Waals surface area (Å²) in [6, 6.07) is -0.821. The Morgan fingerprint density at radius 2 is 1.32 bits per heavy atom. The topological polar surface area (TPSA) is 200 Å². The minimum Gasteiger partial charge on any atom is -0.481 e. The third-order valence-electron chi connectivity index (χ3n) is 3.11. The minimum absolute atomic E-state index is 0.112. The molecular formula is C15H30N4O6. The molecule has 0 heterocycles. The third kappa shape index (κ3) is 24.0.